The fourth-order valence-corrected chi connectivity index (χ4v) is 4.85. The van der Waals surface area contributed by atoms with Crippen molar-refractivity contribution in [2.75, 3.05) is 19.7 Å². The summed E-state index contributed by atoms with van der Waals surface area (Å²) in [4.78, 5) is 8.63. The summed E-state index contributed by atoms with van der Waals surface area (Å²) in [5.74, 6) is 1.98. The third-order valence-corrected chi connectivity index (χ3v) is 6.63. The number of sulfonamides is 1. The van der Waals surface area contributed by atoms with E-state index >= 15 is 0 Å². The van der Waals surface area contributed by atoms with Gasteiger partial charge in [-0.2, -0.15) is 9.29 Å². The van der Waals surface area contributed by atoms with Gasteiger partial charge in [0.15, 0.2) is 0 Å². The van der Waals surface area contributed by atoms with Gasteiger partial charge >= 0.3 is 0 Å². The number of hydrogen-bond acceptors (Lipinski definition) is 6. The van der Waals surface area contributed by atoms with Crippen LogP contribution in [0, 0.1) is 6.92 Å². The number of ether oxygens (including phenoxy) is 2. The maximum absolute atomic E-state index is 12.9. The minimum atomic E-state index is -3.49. The van der Waals surface area contributed by atoms with E-state index in [1.807, 2.05) is 6.92 Å². The highest BCUT2D eigenvalue weighted by Crippen LogP contribution is 2.30. The highest BCUT2D eigenvalue weighted by molar-refractivity contribution is 7.89. The highest BCUT2D eigenvalue weighted by Gasteiger charge is 2.31. The van der Waals surface area contributed by atoms with Crippen LogP contribution in [0.1, 0.15) is 24.2 Å². The molecular formula is C18H21N3O4S. The van der Waals surface area contributed by atoms with Crippen molar-refractivity contribution in [1.82, 2.24) is 14.3 Å². The van der Waals surface area contributed by atoms with Gasteiger partial charge in [0.1, 0.15) is 17.7 Å². The van der Waals surface area contributed by atoms with Gasteiger partial charge in [0.05, 0.1) is 11.5 Å². The van der Waals surface area contributed by atoms with Gasteiger partial charge in [-0.05, 0) is 43.5 Å². The van der Waals surface area contributed by atoms with Crippen LogP contribution in [0.25, 0.3) is 0 Å². The molecule has 1 aromatic heterocycles. The van der Waals surface area contributed by atoms with Gasteiger partial charge in [-0.1, -0.05) is 0 Å². The lowest BCUT2D eigenvalue weighted by molar-refractivity contribution is 0.129. The Morgan fingerprint density at radius 1 is 1.23 bits per heavy atom. The van der Waals surface area contributed by atoms with Crippen molar-refractivity contribution in [2.45, 2.75) is 37.2 Å². The molecule has 1 aromatic carbocycles. The second-order valence-electron chi connectivity index (χ2n) is 6.53. The highest BCUT2D eigenvalue weighted by atomic mass is 32.2. The zero-order valence-corrected chi connectivity index (χ0v) is 15.4. The smallest absolute Gasteiger partial charge is 0.243 e. The summed E-state index contributed by atoms with van der Waals surface area (Å²) in [5, 5.41) is 0. The molecule has 8 heteroatoms. The van der Waals surface area contributed by atoms with Crippen molar-refractivity contribution in [1.29, 1.82) is 0 Å². The first kappa shape index (κ1) is 17.2. The fraction of sp³-hybridized carbons (Fsp3) is 0.444. The number of aryl methyl sites for hydroxylation is 1. The van der Waals surface area contributed by atoms with Crippen molar-refractivity contribution in [2.24, 2.45) is 0 Å². The largest absolute Gasteiger partial charge is 0.493 e. The lowest BCUT2D eigenvalue weighted by Crippen LogP contribution is -2.41. The van der Waals surface area contributed by atoms with E-state index in [1.165, 1.54) is 4.31 Å². The molecule has 4 rings (SSSR count). The van der Waals surface area contributed by atoms with E-state index in [1.54, 1.807) is 30.5 Å². The van der Waals surface area contributed by atoms with Gasteiger partial charge in [0.25, 0.3) is 0 Å². The summed E-state index contributed by atoms with van der Waals surface area (Å²) < 4.78 is 38.7. The Labute approximate surface area is 153 Å². The summed E-state index contributed by atoms with van der Waals surface area (Å²) in [6, 6.07) is 6.85. The van der Waals surface area contributed by atoms with E-state index in [4.69, 9.17) is 9.47 Å². The molecule has 1 fully saturated rings. The monoisotopic (exact) mass is 375 g/mol. The zero-order chi connectivity index (χ0) is 18.1. The molecule has 0 bridgehead atoms. The molecular weight excluding hydrogens is 354 g/mol. The molecule has 0 atom stereocenters. The number of piperidine rings is 1. The Bertz CT molecular complexity index is 908. The number of hydrogen-bond donors (Lipinski definition) is 0. The second kappa shape index (κ2) is 6.85. The Hall–Kier alpha value is -2.19. The van der Waals surface area contributed by atoms with Crippen LogP contribution >= 0.6 is 0 Å². The quantitative estimate of drug-likeness (QED) is 0.812. The molecule has 1 saturated heterocycles. The normalized spacial score (nSPS) is 18.3. The third-order valence-electron chi connectivity index (χ3n) is 4.74. The van der Waals surface area contributed by atoms with Crippen molar-refractivity contribution >= 4 is 10.0 Å². The first-order valence-corrected chi connectivity index (χ1v) is 10.2. The molecule has 0 N–H and O–H groups in total. The van der Waals surface area contributed by atoms with Crippen molar-refractivity contribution < 1.29 is 17.9 Å². The van der Waals surface area contributed by atoms with Gasteiger partial charge < -0.3 is 9.47 Å². The number of benzene rings is 1. The average molecular weight is 375 g/mol. The first-order chi connectivity index (χ1) is 12.5. The molecule has 0 saturated carbocycles. The van der Waals surface area contributed by atoms with Crippen LogP contribution in [0.15, 0.2) is 35.4 Å². The Morgan fingerprint density at radius 3 is 2.81 bits per heavy atom. The van der Waals surface area contributed by atoms with E-state index in [9.17, 15) is 8.42 Å². The van der Waals surface area contributed by atoms with Gasteiger partial charge in [0.2, 0.25) is 15.9 Å². The van der Waals surface area contributed by atoms with Crippen molar-refractivity contribution in [3.05, 3.63) is 41.9 Å². The zero-order valence-electron chi connectivity index (χ0n) is 14.6. The van der Waals surface area contributed by atoms with Crippen LogP contribution in [0.2, 0.25) is 0 Å². The maximum atomic E-state index is 12.9. The Morgan fingerprint density at radius 2 is 2.04 bits per heavy atom. The van der Waals surface area contributed by atoms with Crippen molar-refractivity contribution in [3.63, 3.8) is 0 Å². The third kappa shape index (κ3) is 3.39. The summed E-state index contributed by atoms with van der Waals surface area (Å²) in [6.45, 7) is 3.29. The molecule has 138 valence electrons. The summed E-state index contributed by atoms with van der Waals surface area (Å²) in [6.07, 6.45) is 3.65. The average Bonchev–Trinajstić information content (AvgIpc) is 3.10. The predicted octanol–water partition coefficient (Wildman–Crippen LogP) is 1.95. The van der Waals surface area contributed by atoms with Crippen LogP contribution in [-0.2, 0) is 16.4 Å². The number of fused-ring (bicyclic) bond motifs is 1. The first-order valence-electron chi connectivity index (χ1n) is 8.74. The topological polar surface area (TPSA) is 81.6 Å². The number of aromatic nitrogens is 2. The molecule has 0 spiro atoms. The molecule has 2 aliphatic heterocycles. The lowest BCUT2D eigenvalue weighted by atomic mass is 10.1. The van der Waals surface area contributed by atoms with E-state index in [0.717, 1.165) is 17.7 Å². The standard InChI is InChI=1S/C18H21N3O4S/c1-13-19-8-4-18(20-13)25-15-5-9-21(10-6-15)26(22,23)16-2-3-17-14(12-16)7-11-24-17/h2-4,8,12,15H,5-7,9-11H2,1H3. The molecule has 0 aliphatic carbocycles. The molecule has 2 aromatic rings. The van der Waals surface area contributed by atoms with Crippen LogP contribution in [0.3, 0.4) is 0 Å². The van der Waals surface area contributed by atoms with Gasteiger partial charge in [-0.15, -0.1) is 0 Å². The summed E-state index contributed by atoms with van der Waals surface area (Å²) in [7, 11) is -3.49. The van der Waals surface area contributed by atoms with Crippen LogP contribution in [-0.4, -0.2) is 48.5 Å². The molecule has 26 heavy (non-hydrogen) atoms. The summed E-state index contributed by atoms with van der Waals surface area (Å²) >= 11 is 0. The van der Waals surface area contributed by atoms with Crippen LogP contribution in [0.5, 0.6) is 11.6 Å². The van der Waals surface area contributed by atoms with Crippen molar-refractivity contribution in [3.8, 4) is 11.6 Å². The summed E-state index contributed by atoms with van der Waals surface area (Å²) in [5.41, 5.74) is 0.962. The van der Waals surface area contributed by atoms with E-state index in [-0.39, 0.29) is 6.10 Å². The molecule has 2 aliphatic rings. The Balaban J connectivity index is 1.42. The minimum Gasteiger partial charge on any atom is -0.493 e. The van der Waals surface area contributed by atoms with Crippen LogP contribution < -0.4 is 9.47 Å². The fourth-order valence-electron chi connectivity index (χ4n) is 3.33. The van der Waals surface area contributed by atoms with E-state index in [0.29, 0.717) is 49.1 Å². The molecule has 0 radical (unpaired) electrons. The Kier molecular flexibility index (Phi) is 4.54. The second-order valence-corrected chi connectivity index (χ2v) is 8.47. The predicted molar refractivity (Wildman–Crippen MR) is 94.8 cm³/mol. The molecule has 7 nitrogen and oxygen atoms in total. The molecule has 0 amide bonds. The van der Waals surface area contributed by atoms with Gasteiger partial charge in [-0.3, -0.25) is 0 Å². The van der Waals surface area contributed by atoms with Gasteiger partial charge in [-0.25, -0.2) is 13.4 Å². The van der Waals surface area contributed by atoms with Gasteiger partial charge in [0, 0.05) is 31.8 Å². The van der Waals surface area contributed by atoms with E-state index in [2.05, 4.69) is 9.97 Å². The number of nitrogens with zero attached hydrogens (tertiary/aromatic N) is 3. The SMILES string of the molecule is Cc1nccc(OC2CCN(S(=O)(=O)c3ccc4c(c3)CCO4)CC2)n1. The van der Waals surface area contributed by atoms with Crippen LogP contribution in [0.4, 0.5) is 0 Å². The molecule has 0 unspecified atom stereocenters. The molecule has 3 heterocycles. The van der Waals surface area contributed by atoms with E-state index < -0.39 is 10.0 Å². The minimum absolute atomic E-state index is 0.0378. The maximum Gasteiger partial charge on any atom is 0.243 e. The number of rotatable bonds is 4. The lowest BCUT2D eigenvalue weighted by Gasteiger charge is -2.31.